The topological polar surface area (TPSA) is 32.3 Å². The summed E-state index contributed by atoms with van der Waals surface area (Å²) in [6, 6.07) is 0. The van der Waals surface area contributed by atoms with Gasteiger partial charge in [0.05, 0.1) is 0 Å². The lowest BCUT2D eigenvalue weighted by Crippen LogP contribution is -2.50. The molecule has 0 aromatic heterocycles. The van der Waals surface area contributed by atoms with Gasteiger partial charge in [-0.05, 0) is 17.3 Å². The average molecular weight is 254 g/mol. The van der Waals surface area contributed by atoms with Crippen LogP contribution >= 0.6 is 0 Å². The van der Waals surface area contributed by atoms with Gasteiger partial charge in [-0.2, -0.15) is 0 Å². The fourth-order valence-electron chi connectivity index (χ4n) is 2.48. The lowest BCUT2D eigenvalue weighted by Gasteiger charge is -2.39. The second kappa shape index (κ2) is 5.60. The summed E-state index contributed by atoms with van der Waals surface area (Å²) in [4.78, 5) is 14.8. The fraction of sp³-hybridized carbons (Fsp3) is 0.933. The number of hydrogen-bond donors (Lipinski definition) is 1. The Morgan fingerprint density at radius 1 is 1.11 bits per heavy atom. The summed E-state index contributed by atoms with van der Waals surface area (Å²) in [5, 5.41) is 3.30. The zero-order valence-electron chi connectivity index (χ0n) is 13.0. The molecule has 1 unspecified atom stereocenters. The molecule has 1 aliphatic rings. The van der Waals surface area contributed by atoms with Crippen LogP contribution in [0.5, 0.6) is 0 Å². The predicted octanol–water partition coefficient (Wildman–Crippen LogP) is 2.52. The van der Waals surface area contributed by atoms with E-state index in [1.807, 2.05) is 4.90 Å². The van der Waals surface area contributed by atoms with Crippen molar-refractivity contribution in [1.82, 2.24) is 10.2 Å². The Bertz CT molecular complexity index is 280. The molecule has 18 heavy (non-hydrogen) atoms. The van der Waals surface area contributed by atoms with Crippen LogP contribution in [0.15, 0.2) is 0 Å². The standard InChI is InChI=1S/C15H30N2O/c1-14(2,3)11-12(15(4,5)6)13(18)17-9-7-16-8-10-17/h12,16H,7-11H2,1-6H3. The minimum absolute atomic E-state index is 0.0369. The van der Waals surface area contributed by atoms with Crippen molar-refractivity contribution in [1.29, 1.82) is 0 Å². The highest BCUT2D eigenvalue weighted by Crippen LogP contribution is 2.37. The van der Waals surface area contributed by atoms with Crippen molar-refractivity contribution >= 4 is 5.91 Å². The third kappa shape index (κ3) is 4.60. The van der Waals surface area contributed by atoms with Crippen LogP contribution in [0.25, 0.3) is 0 Å². The van der Waals surface area contributed by atoms with Gasteiger partial charge in [0, 0.05) is 32.1 Å². The highest BCUT2D eigenvalue weighted by Gasteiger charge is 2.37. The van der Waals surface area contributed by atoms with Crippen molar-refractivity contribution in [2.75, 3.05) is 26.2 Å². The second-order valence-electron chi connectivity index (χ2n) is 7.76. The summed E-state index contributed by atoms with van der Waals surface area (Å²) in [6.07, 6.45) is 0.958. The van der Waals surface area contributed by atoms with Gasteiger partial charge in [0.2, 0.25) is 5.91 Å². The summed E-state index contributed by atoms with van der Waals surface area (Å²) in [7, 11) is 0. The molecule has 106 valence electrons. The summed E-state index contributed by atoms with van der Waals surface area (Å²) in [6.45, 7) is 16.8. The van der Waals surface area contributed by atoms with Crippen LogP contribution in [0.1, 0.15) is 48.0 Å². The van der Waals surface area contributed by atoms with Crippen LogP contribution in [-0.2, 0) is 4.79 Å². The molecule has 0 spiro atoms. The third-order valence-electron chi connectivity index (χ3n) is 3.59. The highest BCUT2D eigenvalue weighted by atomic mass is 16.2. The smallest absolute Gasteiger partial charge is 0.226 e. The number of nitrogens with one attached hydrogen (secondary N) is 1. The number of carbonyl (C=O) groups excluding carboxylic acids is 1. The van der Waals surface area contributed by atoms with Crippen molar-refractivity contribution in [3.05, 3.63) is 0 Å². The minimum Gasteiger partial charge on any atom is -0.340 e. The lowest BCUT2D eigenvalue weighted by molar-refractivity contribution is -0.141. The summed E-state index contributed by atoms with van der Waals surface area (Å²) in [5.74, 6) is 0.467. The summed E-state index contributed by atoms with van der Waals surface area (Å²) >= 11 is 0. The molecule has 3 heteroatoms. The molecule has 0 saturated carbocycles. The molecule has 1 rings (SSSR count). The van der Waals surface area contributed by atoms with Crippen molar-refractivity contribution in [3.8, 4) is 0 Å². The van der Waals surface area contributed by atoms with E-state index in [9.17, 15) is 4.79 Å². The van der Waals surface area contributed by atoms with Crippen molar-refractivity contribution < 1.29 is 4.79 Å². The first-order valence-electron chi connectivity index (χ1n) is 7.11. The van der Waals surface area contributed by atoms with Crippen molar-refractivity contribution in [2.45, 2.75) is 48.0 Å². The number of piperazine rings is 1. The molecule has 3 nitrogen and oxygen atoms in total. The monoisotopic (exact) mass is 254 g/mol. The average Bonchev–Trinajstić information content (AvgIpc) is 2.24. The van der Waals surface area contributed by atoms with E-state index in [4.69, 9.17) is 0 Å². The quantitative estimate of drug-likeness (QED) is 0.821. The van der Waals surface area contributed by atoms with Crippen LogP contribution in [0.2, 0.25) is 0 Å². The molecule has 0 aromatic rings. The minimum atomic E-state index is 0.0369. The van der Waals surface area contributed by atoms with E-state index in [-0.39, 0.29) is 16.7 Å². The number of hydrogen-bond acceptors (Lipinski definition) is 2. The normalized spacial score (nSPS) is 19.8. The molecule has 1 atom stereocenters. The molecular formula is C15H30N2O. The van der Waals surface area contributed by atoms with Gasteiger partial charge in [0.25, 0.3) is 0 Å². The molecule has 1 fully saturated rings. The molecule has 1 aliphatic heterocycles. The maximum atomic E-state index is 12.7. The summed E-state index contributed by atoms with van der Waals surface area (Å²) in [5.41, 5.74) is 0.233. The maximum Gasteiger partial charge on any atom is 0.226 e. The number of carbonyl (C=O) groups is 1. The third-order valence-corrected chi connectivity index (χ3v) is 3.59. The van der Waals surface area contributed by atoms with Gasteiger partial charge >= 0.3 is 0 Å². The van der Waals surface area contributed by atoms with Gasteiger partial charge < -0.3 is 10.2 Å². The second-order valence-corrected chi connectivity index (χ2v) is 7.76. The van der Waals surface area contributed by atoms with E-state index in [1.54, 1.807) is 0 Å². The molecule has 1 amide bonds. The SMILES string of the molecule is CC(C)(C)CC(C(=O)N1CCNCC1)C(C)(C)C. The van der Waals surface area contributed by atoms with E-state index < -0.39 is 0 Å². The molecule has 1 heterocycles. The van der Waals surface area contributed by atoms with E-state index in [0.717, 1.165) is 32.6 Å². The molecule has 0 bridgehead atoms. The Kier molecular flexibility index (Phi) is 4.82. The number of amides is 1. The first kappa shape index (κ1) is 15.5. The van der Waals surface area contributed by atoms with Crippen LogP contribution in [0.4, 0.5) is 0 Å². The van der Waals surface area contributed by atoms with Gasteiger partial charge in [-0.25, -0.2) is 0 Å². The Labute approximate surface area is 112 Å². The van der Waals surface area contributed by atoms with Crippen LogP contribution < -0.4 is 5.32 Å². The molecule has 1 N–H and O–H groups in total. The Balaban J connectivity index is 2.79. The highest BCUT2D eigenvalue weighted by molar-refractivity contribution is 5.79. The predicted molar refractivity (Wildman–Crippen MR) is 76.5 cm³/mol. The van der Waals surface area contributed by atoms with E-state index >= 15 is 0 Å². The zero-order valence-corrected chi connectivity index (χ0v) is 13.0. The molecule has 1 saturated heterocycles. The number of nitrogens with zero attached hydrogens (tertiary/aromatic N) is 1. The largest absolute Gasteiger partial charge is 0.340 e. The molecule has 0 aliphatic carbocycles. The lowest BCUT2D eigenvalue weighted by atomic mass is 9.71. The van der Waals surface area contributed by atoms with Crippen LogP contribution in [-0.4, -0.2) is 37.0 Å². The first-order valence-corrected chi connectivity index (χ1v) is 7.11. The van der Waals surface area contributed by atoms with E-state index in [2.05, 4.69) is 46.9 Å². The van der Waals surface area contributed by atoms with Gasteiger partial charge in [-0.1, -0.05) is 41.5 Å². The van der Waals surface area contributed by atoms with E-state index in [1.165, 1.54) is 0 Å². The Hall–Kier alpha value is -0.570. The summed E-state index contributed by atoms with van der Waals surface area (Å²) < 4.78 is 0. The van der Waals surface area contributed by atoms with Crippen molar-refractivity contribution in [3.63, 3.8) is 0 Å². The van der Waals surface area contributed by atoms with Gasteiger partial charge in [-0.3, -0.25) is 4.79 Å². The van der Waals surface area contributed by atoms with Crippen LogP contribution in [0.3, 0.4) is 0 Å². The van der Waals surface area contributed by atoms with Gasteiger partial charge in [0.15, 0.2) is 0 Å². The number of rotatable bonds is 2. The van der Waals surface area contributed by atoms with Gasteiger partial charge in [-0.15, -0.1) is 0 Å². The van der Waals surface area contributed by atoms with Gasteiger partial charge in [0.1, 0.15) is 0 Å². The van der Waals surface area contributed by atoms with Crippen LogP contribution in [0, 0.1) is 16.7 Å². The molecule has 0 radical (unpaired) electrons. The van der Waals surface area contributed by atoms with E-state index in [0.29, 0.717) is 5.91 Å². The van der Waals surface area contributed by atoms with Crippen molar-refractivity contribution in [2.24, 2.45) is 16.7 Å². The first-order chi connectivity index (χ1) is 8.11. The Morgan fingerprint density at radius 3 is 2.00 bits per heavy atom. The zero-order chi connectivity index (χ0) is 14.0. The fourth-order valence-corrected chi connectivity index (χ4v) is 2.48. The maximum absolute atomic E-state index is 12.7. The molecular weight excluding hydrogens is 224 g/mol. The molecule has 0 aromatic carbocycles. The Morgan fingerprint density at radius 2 is 1.61 bits per heavy atom.